The molecule has 0 aliphatic rings. The number of benzene rings is 1. The van der Waals surface area contributed by atoms with E-state index in [9.17, 15) is 9.18 Å². The molecule has 0 saturated carbocycles. The number of nitrogens with two attached hydrogens (primary N) is 1. The fourth-order valence-electron chi connectivity index (χ4n) is 3.40. The smallest absolute Gasteiger partial charge is 0.252 e. The van der Waals surface area contributed by atoms with Gasteiger partial charge in [-0.3, -0.25) is 19.9 Å². The predicted octanol–water partition coefficient (Wildman–Crippen LogP) is 3.58. The highest BCUT2D eigenvalue weighted by atomic mass is 19.1. The van der Waals surface area contributed by atoms with Crippen LogP contribution in [0.1, 0.15) is 34.7 Å². The molecule has 4 rings (SSSR count). The molecule has 0 aliphatic heterocycles. The Hall–Kier alpha value is -3.85. The first-order valence-electron chi connectivity index (χ1n) is 9.60. The number of nitrogens with zero attached hydrogens (tertiary/aromatic N) is 3. The van der Waals surface area contributed by atoms with Crippen molar-refractivity contribution in [3.8, 4) is 11.1 Å². The number of fused-ring (bicyclic) bond motifs is 1. The second-order valence-electron chi connectivity index (χ2n) is 7.10. The normalized spacial score (nSPS) is 12.1. The van der Waals surface area contributed by atoms with Crippen LogP contribution in [0.4, 0.5) is 10.1 Å². The molecule has 4 N–H and O–H groups in total. The van der Waals surface area contributed by atoms with Crippen molar-refractivity contribution in [2.24, 2.45) is 5.73 Å². The molecule has 3 aromatic heterocycles. The van der Waals surface area contributed by atoms with Crippen LogP contribution in [0.15, 0.2) is 48.9 Å². The fourth-order valence-corrected chi connectivity index (χ4v) is 3.40. The average Bonchev–Trinajstić information content (AvgIpc) is 3.29. The summed E-state index contributed by atoms with van der Waals surface area (Å²) in [6.45, 7) is 2.27. The van der Waals surface area contributed by atoms with Crippen LogP contribution in [0.5, 0.6) is 0 Å². The summed E-state index contributed by atoms with van der Waals surface area (Å²) in [5.41, 5.74) is 9.08. The number of aromatic nitrogens is 4. The van der Waals surface area contributed by atoms with Gasteiger partial charge in [-0.15, -0.1) is 0 Å². The van der Waals surface area contributed by atoms with Gasteiger partial charge in [0.1, 0.15) is 5.82 Å². The Morgan fingerprint density at radius 3 is 2.74 bits per heavy atom. The molecule has 31 heavy (non-hydrogen) atoms. The first-order valence-corrected chi connectivity index (χ1v) is 9.60. The van der Waals surface area contributed by atoms with Crippen molar-refractivity contribution in [1.82, 2.24) is 20.2 Å². The van der Waals surface area contributed by atoms with E-state index in [1.54, 1.807) is 37.7 Å². The highest BCUT2D eigenvalue weighted by Gasteiger charge is 2.19. The van der Waals surface area contributed by atoms with E-state index in [4.69, 9.17) is 10.5 Å². The molecule has 3 heterocycles. The van der Waals surface area contributed by atoms with E-state index in [1.807, 2.05) is 13.0 Å². The number of hydrogen-bond acceptors (Lipinski definition) is 6. The number of hydrogen-bond donors (Lipinski definition) is 3. The van der Waals surface area contributed by atoms with Gasteiger partial charge < -0.3 is 15.8 Å². The van der Waals surface area contributed by atoms with E-state index in [1.165, 1.54) is 12.3 Å². The highest BCUT2D eigenvalue weighted by molar-refractivity contribution is 6.07. The molecular weight excluding hydrogens is 399 g/mol. The summed E-state index contributed by atoms with van der Waals surface area (Å²) >= 11 is 0. The topological polar surface area (TPSA) is 119 Å². The third-order valence-electron chi connectivity index (χ3n) is 4.98. The maximum Gasteiger partial charge on any atom is 0.252 e. The van der Waals surface area contributed by atoms with Gasteiger partial charge in [-0.2, -0.15) is 5.10 Å². The first-order chi connectivity index (χ1) is 15.0. The third kappa shape index (κ3) is 4.08. The lowest BCUT2D eigenvalue weighted by Gasteiger charge is -2.18. The van der Waals surface area contributed by atoms with Crippen LogP contribution in [0.25, 0.3) is 22.0 Å². The number of methoxy groups -OCH3 is 1. The van der Waals surface area contributed by atoms with E-state index >= 15 is 0 Å². The zero-order valence-electron chi connectivity index (χ0n) is 17.0. The third-order valence-corrected chi connectivity index (χ3v) is 4.98. The highest BCUT2D eigenvalue weighted by Crippen LogP contribution is 2.34. The van der Waals surface area contributed by atoms with Gasteiger partial charge in [-0.25, -0.2) is 4.39 Å². The number of halogens is 1. The van der Waals surface area contributed by atoms with Crippen molar-refractivity contribution in [1.29, 1.82) is 0 Å². The number of nitrogens with one attached hydrogen (secondary N) is 2. The lowest BCUT2D eigenvalue weighted by Crippen LogP contribution is -2.17. The Morgan fingerprint density at radius 2 is 2.10 bits per heavy atom. The van der Waals surface area contributed by atoms with Crippen molar-refractivity contribution in [3.05, 3.63) is 71.7 Å². The van der Waals surface area contributed by atoms with E-state index in [2.05, 4.69) is 25.5 Å². The monoisotopic (exact) mass is 420 g/mol. The number of primary amides is 1. The van der Waals surface area contributed by atoms with Gasteiger partial charge in [0.2, 0.25) is 0 Å². The molecule has 0 aliphatic carbocycles. The molecule has 1 aromatic carbocycles. The molecule has 0 bridgehead atoms. The molecule has 0 radical (unpaired) electrons. The van der Waals surface area contributed by atoms with Gasteiger partial charge in [-0.1, -0.05) is 6.07 Å². The number of rotatable bonds is 7. The van der Waals surface area contributed by atoms with E-state index in [0.29, 0.717) is 34.3 Å². The Bertz CT molecular complexity index is 1230. The van der Waals surface area contributed by atoms with Crippen molar-refractivity contribution in [2.75, 3.05) is 12.4 Å². The summed E-state index contributed by atoms with van der Waals surface area (Å²) < 4.78 is 20.0. The van der Waals surface area contributed by atoms with Gasteiger partial charge in [0.05, 0.1) is 40.8 Å². The number of amides is 1. The Morgan fingerprint density at radius 1 is 1.26 bits per heavy atom. The van der Waals surface area contributed by atoms with Crippen LogP contribution in [0.3, 0.4) is 0 Å². The van der Waals surface area contributed by atoms with Crippen molar-refractivity contribution in [2.45, 2.75) is 19.6 Å². The molecule has 0 saturated heterocycles. The summed E-state index contributed by atoms with van der Waals surface area (Å²) in [6, 6.07) is 8.12. The van der Waals surface area contributed by atoms with E-state index < -0.39 is 11.7 Å². The van der Waals surface area contributed by atoms with Crippen molar-refractivity contribution < 1.29 is 13.9 Å². The average molecular weight is 420 g/mol. The SMILES string of the molecule is COCc1ccc(-c2cc3c(NC(C)c4cc[nH]n4)c(C(N)=O)cnc3cc2F)cn1. The van der Waals surface area contributed by atoms with Crippen LogP contribution in [-0.4, -0.2) is 33.2 Å². The van der Waals surface area contributed by atoms with Crippen LogP contribution >= 0.6 is 0 Å². The van der Waals surface area contributed by atoms with Crippen molar-refractivity contribution >= 4 is 22.5 Å². The van der Waals surface area contributed by atoms with Crippen molar-refractivity contribution in [3.63, 3.8) is 0 Å². The summed E-state index contributed by atoms with van der Waals surface area (Å²) in [7, 11) is 1.58. The van der Waals surface area contributed by atoms with Gasteiger partial charge in [-0.05, 0) is 25.1 Å². The first kappa shape index (κ1) is 20.4. The number of carbonyl (C=O) groups is 1. The number of carbonyl (C=O) groups excluding carboxylic acids is 1. The largest absolute Gasteiger partial charge is 0.378 e. The van der Waals surface area contributed by atoms with Crippen LogP contribution in [0.2, 0.25) is 0 Å². The standard InChI is InChI=1S/C22H21FN6O2/c1-12(19-5-6-27-29-19)28-21-16-7-15(13-3-4-14(11-31-2)25-9-13)18(23)8-20(16)26-10-17(21)22(24)30/h3-10,12H,11H2,1-2H3,(H2,24,30)(H,26,28)(H,27,29). The predicted molar refractivity (Wildman–Crippen MR) is 115 cm³/mol. The minimum Gasteiger partial charge on any atom is -0.378 e. The minimum atomic E-state index is -0.636. The number of H-pyrrole nitrogens is 1. The molecule has 1 unspecified atom stereocenters. The molecule has 4 aromatic rings. The Kier molecular flexibility index (Phi) is 5.59. The molecule has 8 nitrogen and oxygen atoms in total. The molecule has 158 valence electrons. The van der Waals surface area contributed by atoms with Crippen LogP contribution in [0, 0.1) is 5.82 Å². The summed E-state index contributed by atoms with van der Waals surface area (Å²) in [5.74, 6) is -1.08. The van der Waals surface area contributed by atoms with E-state index in [-0.39, 0.29) is 11.6 Å². The second-order valence-corrected chi connectivity index (χ2v) is 7.10. The molecule has 0 fully saturated rings. The summed E-state index contributed by atoms with van der Waals surface area (Å²) in [6.07, 6.45) is 4.65. The van der Waals surface area contributed by atoms with Gasteiger partial charge in [0, 0.05) is 48.3 Å². The molecule has 1 atom stereocenters. The molecule has 1 amide bonds. The van der Waals surface area contributed by atoms with Crippen LogP contribution < -0.4 is 11.1 Å². The maximum absolute atomic E-state index is 14.9. The maximum atomic E-state index is 14.9. The van der Waals surface area contributed by atoms with Crippen LogP contribution in [-0.2, 0) is 11.3 Å². The zero-order valence-corrected chi connectivity index (χ0v) is 17.0. The lowest BCUT2D eigenvalue weighted by atomic mass is 10.0. The number of aromatic amines is 1. The number of anilines is 1. The fraction of sp³-hybridized carbons (Fsp3) is 0.182. The Labute approximate surface area is 177 Å². The molecule has 0 spiro atoms. The quantitative estimate of drug-likeness (QED) is 0.420. The Balaban J connectivity index is 1.84. The minimum absolute atomic E-state index is 0.209. The van der Waals surface area contributed by atoms with Gasteiger partial charge >= 0.3 is 0 Å². The zero-order chi connectivity index (χ0) is 22.0. The summed E-state index contributed by atoms with van der Waals surface area (Å²) in [4.78, 5) is 20.6. The molecular formula is C22H21FN6O2. The number of pyridine rings is 2. The van der Waals surface area contributed by atoms with Gasteiger partial charge in [0.15, 0.2) is 0 Å². The number of ether oxygens (including phenoxy) is 1. The van der Waals surface area contributed by atoms with Gasteiger partial charge in [0.25, 0.3) is 5.91 Å². The summed E-state index contributed by atoms with van der Waals surface area (Å²) in [5, 5.41) is 10.8. The van der Waals surface area contributed by atoms with E-state index in [0.717, 1.165) is 11.4 Å². The lowest BCUT2D eigenvalue weighted by molar-refractivity contribution is 0.100. The molecule has 9 heteroatoms. The second kappa shape index (κ2) is 8.49.